The molecule has 0 aliphatic heterocycles. The fraction of sp³-hybridized carbons (Fsp3) is 0. The Morgan fingerprint density at radius 1 is 0.143 bits per heavy atom. The van der Waals surface area contributed by atoms with Crippen molar-refractivity contribution in [3.8, 4) is 89.0 Å². The molecule has 0 aliphatic rings. The Kier molecular flexibility index (Phi) is 11.0. The summed E-state index contributed by atoms with van der Waals surface area (Å²) in [4.78, 5) is 0. The molecule has 0 saturated carbocycles. The maximum absolute atomic E-state index is 2.51. The van der Waals surface area contributed by atoms with E-state index in [-0.39, 0.29) is 14.5 Å². The summed E-state index contributed by atoms with van der Waals surface area (Å²) in [7, 11) is 0. The molecule has 0 amide bonds. The second-order valence-corrected chi connectivity index (χ2v) is 22.5. The Morgan fingerprint density at radius 3 is 0.753 bits per heavy atom. The van der Waals surface area contributed by atoms with Crippen molar-refractivity contribution < 1.29 is 0 Å². The van der Waals surface area contributed by atoms with Crippen LogP contribution in [0.5, 0.6) is 0 Å². The second kappa shape index (κ2) is 18.8. The molecule has 14 aromatic carbocycles. The summed E-state index contributed by atoms with van der Waals surface area (Å²) in [6.45, 7) is 0. The molecule has 1 aromatic heterocycles. The molecule has 0 bridgehead atoms. The van der Waals surface area contributed by atoms with Crippen molar-refractivity contribution in [2.45, 2.75) is 0 Å². The van der Waals surface area contributed by atoms with Crippen LogP contribution in [0.4, 0.5) is 0 Å². The van der Waals surface area contributed by atoms with Gasteiger partial charge in [0, 0.05) is 0 Å². The molecule has 15 rings (SSSR count). The van der Waals surface area contributed by atoms with Crippen LogP contribution in [-0.4, -0.2) is 14.5 Å². The minimum atomic E-state index is 0.144. The van der Waals surface area contributed by atoms with Gasteiger partial charge in [0.2, 0.25) is 0 Å². The molecule has 0 radical (unpaired) electrons. The number of fused-ring (bicyclic) bond motifs is 7. The third-order valence-corrected chi connectivity index (χ3v) is 18.2. The summed E-state index contributed by atoms with van der Waals surface area (Å²) in [6, 6.07) is 108. The third kappa shape index (κ3) is 7.82. The predicted molar refractivity (Wildman–Crippen MR) is 332 cm³/mol. The summed E-state index contributed by atoms with van der Waals surface area (Å²) >= 11 is 0.144. The van der Waals surface area contributed by atoms with Crippen LogP contribution in [-0.2, 0) is 0 Å². The van der Waals surface area contributed by atoms with Crippen LogP contribution in [0.15, 0.2) is 291 Å². The topological polar surface area (TPSA) is 0 Å². The minimum Gasteiger partial charge on any atom is -0.0617 e. The van der Waals surface area contributed by atoms with E-state index < -0.39 is 0 Å². The van der Waals surface area contributed by atoms with Crippen molar-refractivity contribution >= 4 is 76.9 Å². The van der Waals surface area contributed by atoms with Gasteiger partial charge >= 0.3 is 360 Å². The normalized spacial score (nSPS) is 11.6. The quantitative estimate of drug-likeness (QED) is 0.105. The molecular formula is C76H48Se. The fourth-order valence-corrected chi connectivity index (χ4v) is 14.7. The summed E-state index contributed by atoms with van der Waals surface area (Å²) in [5.74, 6) is 0. The van der Waals surface area contributed by atoms with Gasteiger partial charge < -0.3 is 0 Å². The third-order valence-electron chi connectivity index (χ3n) is 15.8. The van der Waals surface area contributed by atoms with E-state index in [0.717, 1.165) is 0 Å². The van der Waals surface area contributed by atoms with Crippen molar-refractivity contribution in [3.05, 3.63) is 291 Å². The van der Waals surface area contributed by atoms with Gasteiger partial charge in [0.25, 0.3) is 0 Å². The second-order valence-electron chi connectivity index (χ2n) is 20.3. The molecule has 0 spiro atoms. The molecule has 1 heterocycles. The average Bonchev–Trinajstić information content (AvgIpc) is 3.92. The van der Waals surface area contributed by atoms with E-state index in [4.69, 9.17) is 0 Å². The molecule has 15 aromatic rings. The van der Waals surface area contributed by atoms with Crippen molar-refractivity contribution in [1.29, 1.82) is 0 Å². The first-order valence-corrected chi connectivity index (χ1v) is 28.3. The van der Waals surface area contributed by atoms with Gasteiger partial charge in [0.1, 0.15) is 0 Å². The summed E-state index contributed by atoms with van der Waals surface area (Å²) < 4.78 is 2.86. The zero-order chi connectivity index (χ0) is 50.8. The van der Waals surface area contributed by atoms with E-state index in [1.807, 2.05) is 0 Å². The molecule has 0 nitrogen and oxygen atoms in total. The van der Waals surface area contributed by atoms with Crippen molar-refractivity contribution in [2.24, 2.45) is 0 Å². The zero-order valence-corrected chi connectivity index (χ0v) is 43.8. The predicted octanol–water partition coefficient (Wildman–Crippen LogP) is 21.0. The molecule has 0 N–H and O–H groups in total. The van der Waals surface area contributed by atoms with E-state index in [1.54, 1.807) is 0 Å². The Bertz CT molecular complexity index is 4530. The monoisotopic (exact) mass is 1040 g/mol. The van der Waals surface area contributed by atoms with Crippen LogP contribution in [0, 0.1) is 0 Å². The molecule has 0 unspecified atom stereocenters. The van der Waals surface area contributed by atoms with Crippen molar-refractivity contribution in [1.82, 2.24) is 0 Å². The van der Waals surface area contributed by atoms with Gasteiger partial charge in [-0.05, 0) is 0 Å². The van der Waals surface area contributed by atoms with Gasteiger partial charge in [-0.25, -0.2) is 0 Å². The van der Waals surface area contributed by atoms with Gasteiger partial charge in [-0.1, -0.05) is 97.1 Å². The molecule has 358 valence electrons. The number of rotatable bonds is 8. The standard InChI is InChI=1S/C76H48Se/c1-5-21-49(22-6-1)55-41-56(50-23-7-2-8-24-50)44-59(43-55)75-66-33-17-13-29-62(66)73(63-30-14-18-34-67(63)75)53-38-40-71-70(47-53)61-39-37-54(48-72(61)77-71)74-64-31-15-19-35-68(64)76(69-36-20-16-32-65(69)74)60-45-57(51-25-9-3-10-26-51)42-58(46-60)52-27-11-4-12-28-52/h1-48H. The Balaban J connectivity index is 0.887. The van der Waals surface area contributed by atoms with E-state index in [9.17, 15) is 0 Å². The molecule has 77 heavy (non-hydrogen) atoms. The number of hydrogen-bond donors (Lipinski definition) is 0. The number of hydrogen-bond acceptors (Lipinski definition) is 0. The fourth-order valence-electron chi connectivity index (χ4n) is 12.3. The molecule has 1 heteroatoms. The van der Waals surface area contributed by atoms with E-state index in [0.29, 0.717) is 0 Å². The van der Waals surface area contributed by atoms with Crippen LogP contribution in [0.3, 0.4) is 0 Å². The molecule has 0 atom stereocenters. The smallest absolute Gasteiger partial charge is 0.0617 e. The molecule has 0 saturated heterocycles. The Labute approximate surface area is 454 Å². The summed E-state index contributed by atoms with van der Waals surface area (Å²) in [6.07, 6.45) is 0. The maximum atomic E-state index is 2.51. The minimum absolute atomic E-state index is 0.144. The Morgan fingerprint density at radius 2 is 0.416 bits per heavy atom. The molecular weight excluding hydrogens is 992 g/mol. The van der Waals surface area contributed by atoms with Gasteiger partial charge in [-0.2, -0.15) is 0 Å². The van der Waals surface area contributed by atoms with Crippen molar-refractivity contribution in [2.75, 3.05) is 0 Å². The molecule has 0 aliphatic carbocycles. The SMILES string of the molecule is c1ccc(-c2cc(-c3ccccc3)cc(-c3c4ccccc4c(-c4ccc5c(c4)[se]c4ccc(-c6c7ccccc7c(-c7cc(-c8ccccc8)cc(-c8ccccc8)c7)c7ccccc67)cc45)c4ccccc34)c2)cc1. The van der Waals surface area contributed by atoms with Gasteiger partial charge in [0.05, 0.1) is 0 Å². The van der Waals surface area contributed by atoms with Crippen LogP contribution < -0.4 is 0 Å². The average molecular weight is 1040 g/mol. The van der Waals surface area contributed by atoms with E-state index in [1.165, 1.54) is 151 Å². The van der Waals surface area contributed by atoms with E-state index >= 15 is 0 Å². The molecule has 0 fully saturated rings. The van der Waals surface area contributed by atoms with Gasteiger partial charge in [-0.3, -0.25) is 0 Å². The van der Waals surface area contributed by atoms with Crippen molar-refractivity contribution in [3.63, 3.8) is 0 Å². The van der Waals surface area contributed by atoms with E-state index in [2.05, 4.69) is 291 Å². The number of benzene rings is 14. The summed E-state index contributed by atoms with van der Waals surface area (Å²) in [5.41, 5.74) is 19.7. The first-order chi connectivity index (χ1) is 38.2. The summed E-state index contributed by atoms with van der Waals surface area (Å²) in [5, 5.41) is 12.8. The first-order valence-electron chi connectivity index (χ1n) is 26.6. The first kappa shape index (κ1) is 45.1. The van der Waals surface area contributed by atoms with Crippen LogP contribution in [0.25, 0.3) is 151 Å². The van der Waals surface area contributed by atoms with Crippen LogP contribution in [0.1, 0.15) is 0 Å². The Hall–Kier alpha value is -9.36. The zero-order valence-electron chi connectivity index (χ0n) is 42.1. The van der Waals surface area contributed by atoms with Gasteiger partial charge in [-0.15, -0.1) is 0 Å². The van der Waals surface area contributed by atoms with Gasteiger partial charge in [0.15, 0.2) is 0 Å². The van der Waals surface area contributed by atoms with Crippen LogP contribution in [0.2, 0.25) is 0 Å². The van der Waals surface area contributed by atoms with Crippen LogP contribution >= 0.6 is 0 Å².